The fraction of sp³-hybridized carbons (Fsp3) is 0.632. The third kappa shape index (κ3) is 7.87. The van der Waals surface area contributed by atoms with Gasteiger partial charge in [0.15, 0.2) is 0 Å². The number of carbonyl (C=O) groups is 1. The third-order valence-corrected chi connectivity index (χ3v) is 4.79. The van der Waals surface area contributed by atoms with E-state index in [2.05, 4.69) is 22.1 Å². The lowest BCUT2D eigenvalue weighted by atomic mass is 9.83. The van der Waals surface area contributed by atoms with Crippen molar-refractivity contribution in [3.63, 3.8) is 0 Å². The van der Waals surface area contributed by atoms with Crippen molar-refractivity contribution in [2.75, 3.05) is 0 Å². The van der Waals surface area contributed by atoms with Crippen LogP contribution in [0.4, 0.5) is 4.39 Å². The van der Waals surface area contributed by atoms with Gasteiger partial charge >= 0.3 is 7.82 Å². The minimum absolute atomic E-state index is 0.238. The van der Waals surface area contributed by atoms with Gasteiger partial charge in [-0.05, 0) is 39.7 Å². The Balaban J connectivity index is 2.96. The minimum atomic E-state index is -4.88. The van der Waals surface area contributed by atoms with Crippen molar-refractivity contribution >= 4 is 13.7 Å². The van der Waals surface area contributed by atoms with Gasteiger partial charge in [-0.3, -0.25) is 14.6 Å². The first kappa shape index (κ1) is 24.6. The van der Waals surface area contributed by atoms with Crippen LogP contribution in [0.3, 0.4) is 0 Å². The van der Waals surface area contributed by atoms with Gasteiger partial charge < -0.3 is 15.2 Å². The van der Waals surface area contributed by atoms with Crippen LogP contribution < -0.4 is 15.2 Å². The van der Waals surface area contributed by atoms with Gasteiger partial charge in [0.1, 0.15) is 5.75 Å². The largest absolute Gasteiger partial charge is 0.524 e. The molecular formula is C19H32FN2O5P. The average molecular weight is 418 g/mol. The van der Waals surface area contributed by atoms with E-state index in [-0.39, 0.29) is 22.9 Å². The summed E-state index contributed by atoms with van der Waals surface area (Å²) in [5.41, 5.74) is -1.21. The van der Waals surface area contributed by atoms with Crippen LogP contribution in [0.2, 0.25) is 0 Å². The normalized spacial score (nSPS) is 15.8. The lowest BCUT2D eigenvalue weighted by molar-refractivity contribution is -0.128. The van der Waals surface area contributed by atoms with Crippen LogP contribution in [0.1, 0.15) is 66.1 Å². The van der Waals surface area contributed by atoms with Crippen molar-refractivity contribution < 1.29 is 28.1 Å². The molecule has 0 aromatic heterocycles. The lowest BCUT2D eigenvalue weighted by Gasteiger charge is -2.40. The summed E-state index contributed by atoms with van der Waals surface area (Å²) < 4.78 is 30.5. The zero-order valence-corrected chi connectivity index (χ0v) is 18.2. The predicted molar refractivity (Wildman–Crippen MR) is 107 cm³/mol. The fourth-order valence-corrected chi connectivity index (χ4v) is 3.86. The van der Waals surface area contributed by atoms with Crippen LogP contribution in [0.25, 0.3) is 0 Å². The number of amides is 1. The Labute approximate surface area is 166 Å². The molecule has 160 valence electrons. The number of phosphoric acid groups is 1. The number of phosphoric ester groups is 1. The Bertz CT molecular complexity index is 722. The first-order valence-electron chi connectivity index (χ1n) is 9.26. The molecule has 0 spiro atoms. The first-order valence-corrected chi connectivity index (χ1v) is 10.8. The van der Waals surface area contributed by atoms with Gasteiger partial charge in [-0.1, -0.05) is 39.0 Å². The van der Waals surface area contributed by atoms with Crippen LogP contribution in [0, 0.1) is 0 Å². The van der Waals surface area contributed by atoms with Gasteiger partial charge in [-0.25, -0.2) is 8.96 Å². The highest BCUT2D eigenvalue weighted by molar-refractivity contribution is 7.46. The highest BCUT2D eigenvalue weighted by Gasteiger charge is 2.35. The molecule has 0 radical (unpaired) electrons. The van der Waals surface area contributed by atoms with E-state index in [1.54, 1.807) is 0 Å². The van der Waals surface area contributed by atoms with Crippen molar-refractivity contribution in [3.8, 4) is 5.75 Å². The molecule has 2 unspecified atom stereocenters. The molecule has 1 rings (SSSR count). The summed E-state index contributed by atoms with van der Waals surface area (Å²) in [6.45, 7) is 11.8. The van der Waals surface area contributed by atoms with Crippen molar-refractivity contribution in [3.05, 3.63) is 29.8 Å². The summed E-state index contributed by atoms with van der Waals surface area (Å²) in [6, 6.07) is 5.63. The standard InChI is InChI=1S/C19H32FN2O5P/c1-7-19(6,21-13(2)3)12-18(4,5)22-17(23)16(20)14-10-8-9-11-15(14)27-28(24,25)26/h8-11,13,16,21H,7,12H2,1-6H3,(H,22,23)(H2,24,25,26). The molecule has 4 N–H and O–H groups in total. The molecule has 0 bridgehead atoms. The number of rotatable bonds is 10. The number of para-hydroxylation sites is 1. The molecular weight excluding hydrogens is 386 g/mol. The molecule has 1 aromatic carbocycles. The third-order valence-electron chi connectivity index (χ3n) is 4.35. The second kappa shape index (κ2) is 9.35. The monoisotopic (exact) mass is 418 g/mol. The van der Waals surface area contributed by atoms with Gasteiger partial charge in [-0.15, -0.1) is 0 Å². The number of benzene rings is 1. The number of alkyl halides is 1. The molecule has 0 aliphatic carbocycles. The SMILES string of the molecule is CCC(C)(CC(C)(C)NC(=O)C(F)c1ccccc1OP(=O)(O)O)NC(C)C. The summed E-state index contributed by atoms with van der Waals surface area (Å²) in [7, 11) is -4.88. The first-order chi connectivity index (χ1) is 12.7. The summed E-state index contributed by atoms with van der Waals surface area (Å²) in [4.78, 5) is 30.5. The van der Waals surface area contributed by atoms with E-state index in [9.17, 15) is 13.8 Å². The number of hydrogen-bond acceptors (Lipinski definition) is 4. The van der Waals surface area contributed by atoms with Gasteiger partial charge in [0.2, 0.25) is 6.17 Å². The second-order valence-corrected chi connectivity index (χ2v) is 9.41. The molecule has 2 atom stereocenters. The fourth-order valence-electron chi connectivity index (χ4n) is 3.43. The van der Waals surface area contributed by atoms with Crippen molar-refractivity contribution in [1.29, 1.82) is 0 Å². The number of halogens is 1. The zero-order chi connectivity index (χ0) is 21.8. The van der Waals surface area contributed by atoms with E-state index in [4.69, 9.17) is 9.79 Å². The maximum Gasteiger partial charge on any atom is 0.524 e. The number of hydrogen-bond donors (Lipinski definition) is 4. The summed E-state index contributed by atoms with van der Waals surface area (Å²) >= 11 is 0. The van der Waals surface area contributed by atoms with Gasteiger partial charge in [0, 0.05) is 22.7 Å². The van der Waals surface area contributed by atoms with Crippen LogP contribution in [-0.2, 0) is 9.36 Å². The topological polar surface area (TPSA) is 108 Å². The maximum atomic E-state index is 14.9. The number of carbonyl (C=O) groups excluding carboxylic acids is 1. The summed E-state index contributed by atoms with van der Waals surface area (Å²) in [6.07, 6.45) is -0.746. The molecule has 1 aromatic rings. The molecule has 9 heteroatoms. The van der Waals surface area contributed by atoms with Crippen molar-refractivity contribution in [2.24, 2.45) is 0 Å². The highest BCUT2D eigenvalue weighted by Crippen LogP contribution is 2.41. The Kier molecular flexibility index (Phi) is 8.21. The molecule has 0 heterocycles. The lowest BCUT2D eigenvalue weighted by Crippen LogP contribution is -2.55. The molecule has 7 nitrogen and oxygen atoms in total. The minimum Gasteiger partial charge on any atom is -0.404 e. The molecule has 0 aliphatic rings. The Morgan fingerprint density at radius 3 is 2.32 bits per heavy atom. The maximum absolute atomic E-state index is 14.9. The van der Waals surface area contributed by atoms with E-state index >= 15 is 0 Å². The molecule has 28 heavy (non-hydrogen) atoms. The van der Waals surface area contributed by atoms with Gasteiger partial charge in [-0.2, -0.15) is 0 Å². The molecule has 0 saturated heterocycles. The average Bonchev–Trinajstić information content (AvgIpc) is 2.51. The number of nitrogens with one attached hydrogen (secondary N) is 2. The molecule has 1 amide bonds. The van der Waals surface area contributed by atoms with E-state index in [1.165, 1.54) is 24.3 Å². The van der Waals surface area contributed by atoms with Crippen LogP contribution in [0.15, 0.2) is 24.3 Å². The Morgan fingerprint density at radius 1 is 1.25 bits per heavy atom. The summed E-state index contributed by atoms with van der Waals surface area (Å²) in [5.74, 6) is -1.26. The molecule has 0 saturated carbocycles. The summed E-state index contributed by atoms with van der Waals surface area (Å²) in [5, 5.41) is 6.18. The predicted octanol–water partition coefficient (Wildman–Crippen LogP) is 3.62. The zero-order valence-electron chi connectivity index (χ0n) is 17.3. The van der Waals surface area contributed by atoms with Crippen molar-refractivity contribution in [2.45, 2.75) is 77.7 Å². The quantitative estimate of drug-likeness (QED) is 0.432. The van der Waals surface area contributed by atoms with Crippen LogP contribution in [0.5, 0.6) is 5.75 Å². The second-order valence-electron chi connectivity index (χ2n) is 8.25. The van der Waals surface area contributed by atoms with Gasteiger partial charge in [0.05, 0.1) is 0 Å². The highest BCUT2D eigenvalue weighted by atomic mass is 31.2. The Morgan fingerprint density at radius 2 is 1.82 bits per heavy atom. The van der Waals surface area contributed by atoms with Crippen LogP contribution in [-0.4, -0.2) is 32.8 Å². The van der Waals surface area contributed by atoms with Crippen molar-refractivity contribution in [1.82, 2.24) is 10.6 Å². The van der Waals surface area contributed by atoms with E-state index in [0.717, 1.165) is 6.42 Å². The molecule has 0 fully saturated rings. The van der Waals surface area contributed by atoms with E-state index in [1.807, 2.05) is 34.6 Å². The Hall–Kier alpha value is -1.47. The van der Waals surface area contributed by atoms with E-state index in [0.29, 0.717) is 6.42 Å². The molecule has 0 aliphatic heterocycles. The van der Waals surface area contributed by atoms with Crippen LogP contribution >= 0.6 is 7.82 Å². The van der Waals surface area contributed by atoms with E-state index < -0.39 is 25.4 Å². The van der Waals surface area contributed by atoms with Gasteiger partial charge in [0.25, 0.3) is 5.91 Å². The smallest absolute Gasteiger partial charge is 0.404 e.